The first-order valence-corrected chi connectivity index (χ1v) is 5.76. The first-order chi connectivity index (χ1) is 7.18. The van der Waals surface area contributed by atoms with Crippen molar-refractivity contribution in [1.82, 2.24) is 0 Å². The molecule has 2 atom stereocenters. The molecule has 3 heteroatoms. The molecule has 2 nitrogen and oxygen atoms in total. The summed E-state index contributed by atoms with van der Waals surface area (Å²) < 4.78 is 0. The minimum atomic E-state index is -0.275. The molecule has 15 heavy (non-hydrogen) atoms. The zero-order valence-corrected chi connectivity index (χ0v) is 9.61. The summed E-state index contributed by atoms with van der Waals surface area (Å²) in [7, 11) is 0. The van der Waals surface area contributed by atoms with E-state index in [9.17, 15) is 5.11 Å². The summed E-state index contributed by atoms with van der Waals surface area (Å²) in [5.41, 5.74) is 1.16. The zero-order chi connectivity index (χ0) is 10.8. The van der Waals surface area contributed by atoms with E-state index in [4.69, 9.17) is 11.6 Å². The van der Waals surface area contributed by atoms with E-state index in [2.05, 4.69) is 4.90 Å². The Morgan fingerprint density at radius 3 is 2.67 bits per heavy atom. The Kier molecular flexibility index (Phi) is 3.17. The van der Waals surface area contributed by atoms with Crippen LogP contribution in [0.3, 0.4) is 0 Å². The van der Waals surface area contributed by atoms with Crippen molar-refractivity contribution < 1.29 is 5.11 Å². The minimum absolute atomic E-state index is 0.256. The Hall–Kier alpha value is -0.730. The van der Waals surface area contributed by atoms with Gasteiger partial charge in [0.05, 0.1) is 12.1 Å². The standard InChI is InChI=1S/C12H16ClNO/c1-9(15)12-3-2-8-14(12)11-6-4-10(13)5-7-11/h4-7,9,12,15H,2-3,8H2,1H3/t9?,12-/m0/s1. The van der Waals surface area contributed by atoms with Crippen molar-refractivity contribution in [3.63, 3.8) is 0 Å². The highest BCUT2D eigenvalue weighted by molar-refractivity contribution is 6.30. The molecule has 2 rings (SSSR count). The fraction of sp³-hybridized carbons (Fsp3) is 0.500. The second-order valence-corrected chi connectivity index (χ2v) is 4.56. The third-order valence-corrected chi connectivity index (χ3v) is 3.27. The fourth-order valence-corrected chi connectivity index (χ4v) is 2.37. The number of anilines is 1. The molecule has 1 saturated heterocycles. The van der Waals surface area contributed by atoms with Crippen LogP contribution in [0.5, 0.6) is 0 Å². The van der Waals surface area contributed by atoms with E-state index in [1.54, 1.807) is 0 Å². The van der Waals surface area contributed by atoms with E-state index < -0.39 is 0 Å². The number of nitrogens with zero attached hydrogens (tertiary/aromatic N) is 1. The van der Waals surface area contributed by atoms with E-state index in [-0.39, 0.29) is 12.1 Å². The van der Waals surface area contributed by atoms with E-state index in [0.29, 0.717) is 0 Å². The second kappa shape index (κ2) is 4.42. The lowest BCUT2D eigenvalue weighted by Gasteiger charge is -2.28. The summed E-state index contributed by atoms with van der Waals surface area (Å²) in [6, 6.07) is 8.08. The summed E-state index contributed by atoms with van der Waals surface area (Å²) in [5.74, 6) is 0. The van der Waals surface area contributed by atoms with Crippen LogP contribution in [0.2, 0.25) is 5.02 Å². The van der Waals surface area contributed by atoms with Gasteiger partial charge in [0.2, 0.25) is 0 Å². The number of hydrogen-bond acceptors (Lipinski definition) is 2. The van der Waals surface area contributed by atoms with Crippen LogP contribution in [0.1, 0.15) is 19.8 Å². The van der Waals surface area contributed by atoms with E-state index >= 15 is 0 Å². The molecule has 0 spiro atoms. The maximum absolute atomic E-state index is 9.67. The second-order valence-electron chi connectivity index (χ2n) is 4.12. The molecule has 1 N–H and O–H groups in total. The first-order valence-electron chi connectivity index (χ1n) is 5.39. The highest BCUT2D eigenvalue weighted by Gasteiger charge is 2.28. The highest BCUT2D eigenvalue weighted by atomic mass is 35.5. The van der Waals surface area contributed by atoms with Crippen molar-refractivity contribution in [2.24, 2.45) is 0 Å². The van der Waals surface area contributed by atoms with Crippen molar-refractivity contribution in [3.05, 3.63) is 29.3 Å². The predicted molar refractivity (Wildman–Crippen MR) is 63.5 cm³/mol. The van der Waals surface area contributed by atoms with Gasteiger partial charge in [0, 0.05) is 17.3 Å². The molecule has 0 amide bonds. The minimum Gasteiger partial charge on any atom is -0.391 e. The van der Waals surface area contributed by atoms with Gasteiger partial charge in [-0.05, 0) is 44.0 Å². The van der Waals surface area contributed by atoms with Gasteiger partial charge in [0.25, 0.3) is 0 Å². The lowest BCUT2D eigenvalue weighted by molar-refractivity contribution is 0.164. The Bertz CT molecular complexity index is 323. The summed E-state index contributed by atoms with van der Waals surface area (Å²) in [6.45, 7) is 2.89. The quantitative estimate of drug-likeness (QED) is 0.837. The van der Waals surface area contributed by atoms with Crippen LogP contribution in [0.25, 0.3) is 0 Å². The Balaban J connectivity index is 2.19. The maximum atomic E-state index is 9.67. The number of aliphatic hydroxyl groups excluding tert-OH is 1. The molecule has 0 bridgehead atoms. The van der Waals surface area contributed by atoms with Gasteiger partial charge >= 0.3 is 0 Å². The van der Waals surface area contributed by atoms with Crippen molar-refractivity contribution in [2.75, 3.05) is 11.4 Å². The molecule has 1 aliphatic heterocycles. The molecule has 0 saturated carbocycles. The lowest BCUT2D eigenvalue weighted by Crippen LogP contribution is -2.37. The van der Waals surface area contributed by atoms with Gasteiger partial charge in [-0.1, -0.05) is 11.6 Å². The topological polar surface area (TPSA) is 23.5 Å². The average molecular weight is 226 g/mol. The van der Waals surface area contributed by atoms with Gasteiger partial charge in [0.15, 0.2) is 0 Å². The molecule has 1 aromatic carbocycles. The normalized spacial score (nSPS) is 23.1. The number of hydrogen-bond donors (Lipinski definition) is 1. The van der Waals surface area contributed by atoms with Crippen LogP contribution in [0.4, 0.5) is 5.69 Å². The van der Waals surface area contributed by atoms with Crippen molar-refractivity contribution in [1.29, 1.82) is 0 Å². The summed E-state index contributed by atoms with van der Waals surface area (Å²) in [6.07, 6.45) is 1.95. The SMILES string of the molecule is CC(O)[C@@H]1CCCN1c1ccc(Cl)cc1. The lowest BCUT2D eigenvalue weighted by atomic mass is 10.1. The summed E-state index contributed by atoms with van der Waals surface area (Å²) in [5, 5.41) is 10.4. The Morgan fingerprint density at radius 1 is 1.40 bits per heavy atom. The molecule has 0 aliphatic carbocycles. The molecular formula is C12H16ClNO. The molecule has 0 radical (unpaired) electrons. The third kappa shape index (κ3) is 2.27. The molecule has 1 heterocycles. The third-order valence-electron chi connectivity index (χ3n) is 3.01. The fourth-order valence-electron chi connectivity index (χ4n) is 2.25. The van der Waals surface area contributed by atoms with E-state index in [0.717, 1.165) is 30.1 Å². The van der Waals surface area contributed by atoms with Crippen LogP contribution in [0, 0.1) is 0 Å². The Labute approximate surface area is 95.5 Å². The summed E-state index contributed by atoms with van der Waals surface area (Å²) >= 11 is 5.85. The molecule has 82 valence electrons. The number of benzene rings is 1. The van der Waals surface area contributed by atoms with Crippen LogP contribution in [-0.2, 0) is 0 Å². The van der Waals surface area contributed by atoms with Crippen LogP contribution < -0.4 is 4.90 Å². The van der Waals surface area contributed by atoms with Gasteiger partial charge < -0.3 is 10.0 Å². The van der Waals surface area contributed by atoms with Gasteiger partial charge in [-0.2, -0.15) is 0 Å². The van der Waals surface area contributed by atoms with E-state index in [1.165, 1.54) is 0 Å². The van der Waals surface area contributed by atoms with Gasteiger partial charge in [-0.25, -0.2) is 0 Å². The first kappa shape index (κ1) is 10.8. The highest BCUT2D eigenvalue weighted by Crippen LogP contribution is 2.28. The van der Waals surface area contributed by atoms with Crippen molar-refractivity contribution in [3.8, 4) is 0 Å². The molecule has 1 aromatic rings. The molecule has 1 aliphatic rings. The number of aliphatic hydroxyl groups is 1. The Morgan fingerprint density at radius 2 is 2.07 bits per heavy atom. The molecular weight excluding hydrogens is 210 g/mol. The monoisotopic (exact) mass is 225 g/mol. The number of halogens is 1. The molecule has 1 fully saturated rings. The predicted octanol–water partition coefficient (Wildman–Crippen LogP) is 2.69. The van der Waals surface area contributed by atoms with Crippen LogP contribution >= 0.6 is 11.6 Å². The van der Waals surface area contributed by atoms with Crippen molar-refractivity contribution >= 4 is 17.3 Å². The molecule has 1 unspecified atom stereocenters. The largest absolute Gasteiger partial charge is 0.391 e. The van der Waals surface area contributed by atoms with Crippen LogP contribution in [0.15, 0.2) is 24.3 Å². The summed E-state index contributed by atoms with van der Waals surface area (Å²) in [4.78, 5) is 2.26. The van der Waals surface area contributed by atoms with Gasteiger partial charge in [-0.3, -0.25) is 0 Å². The maximum Gasteiger partial charge on any atom is 0.0715 e. The smallest absolute Gasteiger partial charge is 0.0715 e. The van der Waals surface area contributed by atoms with Crippen LogP contribution in [-0.4, -0.2) is 23.8 Å². The van der Waals surface area contributed by atoms with Gasteiger partial charge in [0.1, 0.15) is 0 Å². The molecule has 0 aromatic heterocycles. The van der Waals surface area contributed by atoms with Crippen molar-refractivity contribution in [2.45, 2.75) is 31.9 Å². The average Bonchev–Trinajstić information content (AvgIpc) is 2.67. The zero-order valence-electron chi connectivity index (χ0n) is 8.86. The van der Waals surface area contributed by atoms with Gasteiger partial charge in [-0.15, -0.1) is 0 Å². The van der Waals surface area contributed by atoms with E-state index in [1.807, 2.05) is 31.2 Å². The number of rotatable bonds is 2.